The zero-order valence-corrected chi connectivity index (χ0v) is 16.3. The second kappa shape index (κ2) is 7.16. The van der Waals surface area contributed by atoms with Gasteiger partial charge in [-0.25, -0.2) is 18.5 Å². The van der Waals surface area contributed by atoms with Crippen LogP contribution in [0.4, 0.5) is 5.69 Å². The number of nitrogens with zero attached hydrogens (tertiary/aromatic N) is 1. The lowest BCUT2D eigenvalue weighted by Gasteiger charge is -2.09. The molecule has 4 N–H and O–H groups in total. The van der Waals surface area contributed by atoms with Crippen molar-refractivity contribution in [1.29, 1.82) is 0 Å². The van der Waals surface area contributed by atoms with Crippen molar-refractivity contribution in [2.75, 3.05) is 5.32 Å². The van der Waals surface area contributed by atoms with Crippen molar-refractivity contribution in [3.8, 4) is 11.4 Å². The Morgan fingerprint density at radius 3 is 2.52 bits per heavy atom. The molecule has 0 radical (unpaired) electrons. The van der Waals surface area contributed by atoms with E-state index in [2.05, 4.69) is 15.3 Å². The molecule has 0 fully saturated rings. The minimum Gasteiger partial charge on any atom is -0.338 e. The topological polar surface area (TPSA) is 118 Å². The zero-order valence-electron chi connectivity index (χ0n) is 15.5. The van der Waals surface area contributed by atoms with E-state index < -0.39 is 15.9 Å². The van der Waals surface area contributed by atoms with Gasteiger partial charge in [-0.15, -0.1) is 0 Å². The number of carbonyl (C=O) groups is 1. The number of sulfonamides is 1. The highest BCUT2D eigenvalue weighted by Crippen LogP contribution is 2.23. The van der Waals surface area contributed by atoms with Gasteiger partial charge >= 0.3 is 0 Å². The summed E-state index contributed by atoms with van der Waals surface area (Å²) in [5.74, 6) is 0.316. The molecule has 29 heavy (non-hydrogen) atoms. The van der Waals surface area contributed by atoms with Gasteiger partial charge in [0.1, 0.15) is 5.82 Å². The van der Waals surface area contributed by atoms with Crippen LogP contribution >= 0.6 is 0 Å². The highest BCUT2D eigenvalue weighted by Gasteiger charge is 2.15. The van der Waals surface area contributed by atoms with Crippen molar-refractivity contribution in [2.45, 2.75) is 11.8 Å². The molecule has 0 aliphatic heterocycles. The van der Waals surface area contributed by atoms with Gasteiger partial charge in [-0.1, -0.05) is 36.4 Å². The minimum atomic E-state index is -3.89. The summed E-state index contributed by atoms with van der Waals surface area (Å²) in [7, 11) is -3.89. The van der Waals surface area contributed by atoms with Crippen molar-refractivity contribution in [3.63, 3.8) is 0 Å². The third-order valence-electron chi connectivity index (χ3n) is 4.57. The summed E-state index contributed by atoms with van der Waals surface area (Å²) < 4.78 is 23.2. The first-order chi connectivity index (χ1) is 13.8. The van der Waals surface area contributed by atoms with Gasteiger partial charge in [0.05, 0.1) is 15.9 Å². The third-order valence-corrected chi connectivity index (χ3v) is 5.48. The van der Waals surface area contributed by atoms with Gasteiger partial charge in [-0.2, -0.15) is 0 Å². The first-order valence-electron chi connectivity index (χ1n) is 8.81. The first kappa shape index (κ1) is 18.9. The van der Waals surface area contributed by atoms with Crippen molar-refractivity contribution in [1.82, 2.24) is 9.97 Å². The molecular weight excluding hydrogens is 388 g/mol. The molecule has 1 heterocycles. The highest BCUT2D eigenvalue weighted by molar-refractivity contribution is 7.89. The molecule has 0 saturated heterocycles. The summed E-state index contributed by atoms with van der Waals surface area (Å²) in [6.07, 6.45) is 0. The Labute approximate surface area is 167 Å². The Hall–Kier alpha value is -3.49. The van der Waals surface area contributed by atoms with Gasteiger partial charge in [-0.3, -0.25) is 4.79 Å². The number of anilines is 1. The van der Waals surface area contributed by atoms with E-state index in [1.807, 2.05) is 36.4 Å². The molecule has 0 bridgehead atoms. The Morgan fingerprint density at radius 2 is 1.79 bits per heavy atom. The van der Waals surface area contributed by atoms with Crippen molar-refractivity contribution >= 4 is 32.7 Å². The fourth-order valence-corrected chi connectivity index (χ4v) is 3.58. The van der Waals surface area contributed by atoms with Crippen LogP contribution in [-0.4, -0.2) is 24.3 Å². The van der Waals surface area contributed by atoms with Gasteiger partial charge in [-0.05, 0) is 42.8 Å². The molecular formula is C21H18N4O3S. The summed E-state index contributed by atoms with van der Waals surface area (Å²) in [6, 6.07) is 19.3. The maximum Gasteiger partial charge on any atom is 0.255 e. The molecule has 0 aliphatic rings. The SMILES string of the molecule is Cc1ccc(S(N)(=O)=O)cc1C(=O)Nc1ccc2nc(-c3ccccc3)[nH]c2c1. The lowest BCUT2D eigenvalue weighted by molar-refractivity contribution is 0.102. The Balaban J connectivity index is 1.64. The molecule has 0 spiro atoms. The van der Waals surface area contributed by atoms with E-state index in [0.29, 0.717) is 11.3 Å². The maximum absolute atomic E-state index is 12.7. The monoisotopic (exact) mass is 406 g/mol. The number of fused-ring (bicyclic) bond motifs is 1. The number of benzene rings is 3. The van der Waals surface area contributed by atoms with Crippen LogP contribution in [-0.2, 0) is 10.0 Å². The first-order valence-corrected chi connectivity index (χ1v) is 10.4. The van der Waals surface area contributed by atoms with Crippen LogP contribution in [0.2, 0.25) is 0 Å². The summed E-state index contributed by atoms with van der Waals surface area (Å²) in [4.78, 5) is 20.4. The number of aromatic nitrogens is 2. The Morgan fingerprint density at radius 1 is 1.03 bits per heavy atom. The molecule has 1 aromatic heterocycles. The van der Waals surface area contributed by atoms with E-state index in [-0.39, 0.29) is 10.5 Å². The second-order valence-electron chi connectivity index (χ2n) is 6.66. The second-order valence-corrected chi connectivity index (χ2v) is 8.22. The van der Waals surface area contributed by atoms with E-state index in [4.69, 9.17) is 5.14 Å². The fourth-order valence-electron chi connectivity index (χ4n) is 3.04. The molecule has 0 saturated carbocycles. The van der Waals surface area contributed by atoms with Gasteiger partial charge in [0.2, 0.25) is 10.0 Å². The fraction of sp³-hybridized carbons (Fsp3) is 0.0476. The Bertz CT molecular complexity index is 1330. The number of aryl methyl sites for hydroxylation is 1. The van der Waals surface area contributed by atoms with Gasteiger partial charge in [0, 0.05) is 16.8 Å². The van der Waals surface area contributed by atoms with Crippen molar-refractivity contribution < 1.29 is 13.2 Å². The molecule has 8 heteroatoms. The average Bonchev–Trinajstić information content (AvgIpc) is 3.11. The quantitative estimate of drug-likeness (QED) is 0.481. The van der Waals surface area contributed by atoms with Crippen molar-refractivity contribution in [2.24, 2.45) is 5.14 Å². The van der Waals surface area contributed by atoms with E-state index in [1.165, 1.54) is 12.1 Å². The number of amides is 1. The Kier molecular flexibility index (Phi) is 4.65. The van der Waals surface area contributed by atoms with Crippen LogP contribution in [0.5, 0.6) is 0 Å². The van der Waals surface area contributed by atoms with Crippen LogP contribution in [0.1, 0.15) is 15.9 Å². The molecule has 1 amide bonds. The summed E-state index contributed by atoms with van der Waals surface area (Å²) in [6.45, 7) is 1.73. The molecule has 0 unspecified atom stereocenters. The number of nitrogens with two attached hydrogens (primary N) is 1. The molecule has 146 valence electrons. The molecule has 0 aliphatic carbocycles. The highest BCUT2D eigenvalue weighted by atomic mass is 32.2. The molecule has 4 rings (SSSR count). The number of nitrogens with one attached hydrogen (secondary N) is 2. The molecule has 3 aromatic carbocycles. The predicted octanol–water partition coefficient (Wildman–Crippen LogP) is 3.44. The van der Waals surface area contributed by atoms with Crippen LogP contribution in [0.15, 0.2) is 71.6 Å². The lowest BCUT2D eigenvalue weighted by atomic mass is 10.1. The largest absolute Gasteiger partial charge is 0.338 e. The van der Waals surface area contributed by atoms with Crippen LogP contribution in [0.25, 0.3) is 22.4 Å². The van der Waals surface area contributed by atoms with E-state index in [9.17, 15) is 13.2 Å². The van der Waals surface area contributed by atoms with Crippen LogP contribution in [0, 0.1) is 6.92 Å². The van der Waals surface area contributed by atoms with E-state index in [0.717, 1.165) is 22.4 Å². The average molecular weight is 406 g/mol. The number of primary sulfonamides is 1. The number of carbonyl (C=O) groups excluding carboxylic acids is 1. The number of hydrogen-bond donors (Lipinski definition) is 3. The lowest BCUT2D eigenvalue weighted by Crippen LogP contribution is -2.17. The molecule has 0 atom stereocenters. The zero-order chi connectivity index (χ0) is 20.6. The number of hydrogen-bond acceptors (Lipinski definition) is 4. The molecule has 4 aromatic rings. The van der Waals surface area contributed by atoms with E-state index in [1.54, 1.807) is 25.1 Å². The van der Waals surface area contributed by atoms with Crippen LogP contribution in [0.3, 0.4) is 0 Å². The summed E-state index contributed by atoms with van der Waals surface area (Å²) in [5, 5.41) is 7.97. The van der Waals surface area contributed by atoms with Gasteiger partial charge in [0.15, 0.2) is 0 Å². The number of H-pyrrole nitrogens is 1. The minimum absolute atomic E-state index is 0.107. The van der Waals surface area contributed by atoms with E-state index >= 15 is 0 Å². The number of imidazole rings is 1. The van der Waals surface area contributed by atoms with Crippen LogP contribution < -0.4 is 10.5 Å². The smallest absolute Gasteiger partial charge is 0.255 e. The molecule has 7 nitrogen and oxygen atoms in total. The van der Waals surface area contributed by atoms with Crippen molar-refractivity contribution in [3.05, 3.63) is 77.9 Å². The predicted molar refractivity (Wildman–Crippen MR) is 112 cm³/mol. The third kappa shape index (κ3) is 3.89. The normalized spacial score (nSPS) is 11.5. The summed E-state index contributed by atoms with van der Waals surface area (Å²) in [5.41, 5.74) is 3.96. The van der Waals surface area contributed by atoms with Gasteiger partial charge in [0.25, 0.3) is 5.91 Å². The number of aromatic amines is 1. The number of rotatable bonds is 4. The van der Waals surface area contributed by atoms with Gasteiger partial charge < -0.3 is 10.3 Å². The maximum atomic E-state index is 12.7. The standard InChI is InChI=1S/C21H18N4O3S/c1-13-7-9-16(29(22,27)28)12-17(13)21(26)23-15-8-10-18-19(11-15)25-20(24-18)14-5-3-2-4-6-14/h2-12H,1H3,(H,23,26)(H,24,25)(H2,22,27,28). The summed E-state index contributed by atoms with van der Waals surface area (Å²) >= 11 is 0.